The molecule has 0 aromatic carbocycles. The molecule has 1 aromatic rings. The van der Waals surface area contributed by atoms with Crippen LogP contribution in [-0.4, -0.2) is 6.26 Å². The van der Waals surface area contributed by atoms with Gasteiger partial charge in [0.05, 0.1) is 4.21 Å². The predicted molar refractivity (Wildman–Crippen MR) is 45.6 cm³/mol. The van der Waals surface area contributed by atoms with Gasteiger partial charge in [0.15, 0.2) is 0 Å². The van der Waals surface area contributed by atoms with Crippen LogP contribution >= 0.6 is 23.1 Å². The number of rotatable bonds is 1. The number of thioether (sulfide) groups is 1. The van der Waals surface area contributed by atoms with E-state index in [4.69, 9.17) is 0 Å². The van der Waals surface area contributed by atoms with Crippen molar-refractivity contribution in [2.24, 2.45) is 0 Å². The van der Waals surface area contributed by atoms with Crippen LogP contribution in [0.5, 0.6) is 0 Å². The third-order valence-corrected chi connectivity index (χ3v) is 3.57. The van der Waals surface area contributed by atoms with Crippen molar-refractivity contribution in [1.82, 2.24) is 0 Å². The minimum Gasteiger partial charge on any atom is -0.134 e. The first-order valence-electron chi connectivity index (χ1n) is 2.85. The monoisotopic (exact) mass is 158 g/mol. The predicted octanol–water partition coefficient (Wildman–Crippen LogP) is 3.09. The van der Waals surface area contributed by atoms with Gasteiger partial charge in [-0.3, -0.25) is 0 Å². The third kappa shape index (κ3) is 1.49. The molecule has 2 heteroatoms. The van der Waals surface area contributed by atoms with E-state index in [1.165, 1.54) is 14.6 Å². The van der Waals surface area contributed by atoms with Crippen molar-refractivity contribution in [3.8, 4) is 0 Å². The standard InChI is InChI=1S/C7H10S2/c1-5-4-6(2)9-7(5)8-3/h4H,1-3H3. The summed E-state index contributed by atoms with van der Waals surface area (Å²) in [7, 11) is 0. The van der Waals surface area contributed by atoms with Crippen LogP contribution in [0, 0.1) is 13.8 Å². The largest absolute Gasteiger partial charge is 0.134 e. The van der Waals surface area contributed by atoms with Gasteiger partial charge in [-0.25, -0.2) is 0 Å². The molecule has 0 atom stereocenters. The topological polar surface area (TPSA) is 0 Å². The van der Waals surface area contributed by atoms with Crippen LogP contribution in [-0.2, 0) is 0 Å². The van der Waals surface area contributed by atoms with Crippen LogP contribution < -0.4 is 0 Å². The summed E-state index contributed by atoms with van der Waals surface area (Å²) in [6.07, 6.45) is 2.12. The molecule has 0 saturated heterocycles. The Kier molecular flexibility index (Phi) is 2.19. The van der Waals surface area contributed by atoms with Crippen molar-refractivity contribution in [3.05, 3.63) is 16.5 Å². The molecule has 0 amide bonds. The number of thiophene rings is 1. The van der Waals surface area contributed by atoms with Crippen molar-refractivity contribution in [3.63, 3.8) is 0 Å². The zero-order valence-corrected chi connectivity index (χ0v) is 7.53. The van der Waals surface area contributed by atoms with Gasteiger partial charge in [-0.2, -0.15) is 0 Å². The van der Waals surface area contributed by atoms with E-state index in [-0.39, 0.29) is 0 Å². The molecule has 0 spiro atoms. The second-order valence-electron chi connectivity index (χ2n) is 2.03. The lowest BCUT2D eigenvalue weighted by atomic mass is 10.4. The van der Waals surface area contributed by atoms with Crippen molar-refractivity contribution in [2.45, 2.75) is 18.1 Å². The van der Waals surface area contributed by atoms with E-state index in [1.54, 1.807) is 0 Å². The van der Waals surface area contributed by atoms with Gasteiger partial charge in [0.1, 0.15) is 0 Å². The molecular weight excluding hydrogens is 148 g/mol. The summed E-state index contributed by atoms with van der Waals surface area (Å²) in [6, 6.07) is 2.23. The maximum absolute atomic E-state index is 2.23. The summed E-state index contributed by atoms with van der Waals surface area (Å²) in [5, 5.41) is 0. The van der Waals surface area contributed by atoms with E-state index in [9.17, 15) is 0 Å². The number of aryl methyl sites for hydroxylation is 2. The smallest absolute Gasteiger partial charge is 0.0627 e. The van der Waals surface area contributed by atoms with E-state index in [0.717, 1.165) is 0 Å². The lowest BCUT2D eigenvalue weighted by Crippen LogP contribution is -1.62. The Bertz CT molecular complexity index is 201. The van der Waals surface area contributed by atoms with E-state index >= 15 is 0 Å². The first kappa shape index (κ1) is 7.16. The number of hydrogen-bond donors (Lipinski definition) is 0. The molecule has 0 bridgehead atoms. The second-order valence-corrected chi connectivity index (χ2v) is 4.36. The van der Waals surface area contributed by atoms with E-state index in [2.05, 4.69) is 26.2 Å². The fraction of sp³-hybridized carbons (Fsp3) is 0.429. The van der Waals surface area contributed by atoms with Gasteiger partial charge in [-0.1, -0.05) is 0 Å². The average molecular weight is 158 g/mol. The summed E-state index contributed by atoms with van der Waals surface area (Å²) < 4.78 is 1.45. The first-order chi connectivity index (χ1) is 4.24. The molecule has 0 fully saturated rings. The van der Waals surface area contributed by atoms with Crippen LogP contribution in [0.3, 0.4) is 0 Å². The van der Waals surface area contributed by atoms with Gasteiger partial charge in [0.25, 0.3) is 0 Å². The summed E-state index contributed by atoms with van der Waals surface area (Å²) >= 11 is 3.71. The van der Waals surface area contributed by atoms with Crippen LogP contribution in [0.25, 0.3) is 0 Å². The molecule has 1 aromatic heterocycles. The fourth-order valence-corrected chi connectivity index (χ4v) is 2.68. The zero-order valence-electron chi connectivity index (χ0n) is 5.89. The highest BCUT2D eigenvalue weighted by Crippen LogP contribution is 2.28. The molecule has 0 nitrogen and oxygen atoms in total. The summed E-state index contributed by atoms with van der Waals surface area (Å²) in [5.74, 6) is 0. The minimum absolute atomic E-state index is 1.41. The number of hydrogen-bond acceptors (Lipinski definition) is 2. The van der Waals surface area contributed by atoms with Gasteiger partial charge in [-0.05, 0) is 31.7 Å². The highest BCUT2D eigenvalue weighted by atomic mass is 32.2. The lowest BCUT2D eigenvalue weighted by Gasteiger charge is -1.87. The molecule has 0 saturated carbocycles. The molecule has 1 rings (SSSR count). The van der Waals surface area contributed by atoms with Crippen molar-refractivity contribution in [1.29, 1.82) is 0 Å². The SMILES string of the molecule is CSc1sc(C)cc1C. The maximum Gasteiger partial charge on any atom is 0.0627 e. The quantitative estimate of drug-likeness (QED) is 0.566. The van der Waals surface area contributed by atoms with Gasteiger partial charge in [0, 0.05) is 4.88 Å². The fourth-order valence-electron chi connectivity index (χ4n) is 0.823. The highest BCUT2D eigenvalue weighted by Gasteiger charge is 1.98. The summed E-state index contributed by atoms with van der Waals surface area (Å²) in [4.78, 5) is 1.41. The Balaban J connectivity index is 3.01. The van der Waals surface area contributed by atoms with Crippen LogP contribution in [0.2, 0.25) is 0 Å². The van der Waals surface area contributed by atoms with Gasteiger partial charge in [0.2, 0.25) is 0 Å². The molecule has 0 aliphatic rings. The van der Waals surface area contributed by atoms with Gasteiger partial charge in [-0.15, -0.1) is 23.1 Å². The normalized spacial score (nSPS) is 10.1. The van der Waals surface area contributed by atoms with E-state index in [0.29, 0.717) is 0 Å². The van der Waals surface area contributed by atoms with Gasteiger partial charge >= 0.3 is 0 Å². The molecule has 0 radical (unpaired) electrons. The molecule has 50 valence electrons. The second kappa shape index (κ2) is 2.76. The highest BCUT2D eigenvalue weighted by molar-refractivity contribution is 8.00. The third-order valence-electron chi connectivity index (χ3n) is 1.18. The first-order valence-corrected chi connectivity index (χ1v) is 4.89. The van der Waals surface area contributed by atoms with Crippen molar-refractivity contribution >= 4 is 23.1 Å². The van der Waals surface area contributed by atoms with Crippen molar-refractivity contribution in [2.75, 3.05) is 6.26 Å². The zero-order chi connectivity index (χ0) is 6.85. The average Bonchev–Trinajstić information content (AvgIpc) is 2.10. The lowest BCUT2D eigenvalue weighted by molar-refractivity contribution is 1.42. The molecular formula is C7H10S2. The molecule has 9 heavy (non-hydrogen) atoms. The van der Waals surface area contributed by atoms with E-state index < -0.39 is 0 Å². The van der Waals surface area contributed by atoms with Crippen LogP contribution in [0.15, 0.2) is 10.3 Å². The molecule has 0 aliphatic heterocycles. The Labute approximate surface area is 64.3 Å². The summed E-state index contributed by atoms with van der Waals surface area (Å²) in [6.45, 7) is 4.31. The van der Waals surface area contributed by atoms with Gasteiger partial charge < -0.3 is 0 Å². The van der Waals surface area contributed by atoms with Crippen molar-refractivity contribution < 1.29 is 0 Å². The maximum atomic E-state index is 2.23. The molecule has 0 aliphatic carbocycles. The Morgan fingerprint density at radius 2 is 2.11 bits per heavy atom. The Hall–Kier alpha value is 0.0500. The molecule has 1 heterocycles. The minimum atomic E-state index is 1.41. The van der Waals surface area contributed by atoms with Crippen LogP contribution in [0.1, 0.15) is 10.4 Å². The summed E-state index contributed by atoms with van der Waals surface area (Å²) in [5.41, 5.74) is 1.42. The molecule has 0 N–H and O–H groups in total. The van der Waals surface area contributed by atoms with E-state index in [1.807, 2.05) is 23.1 Å². The van der Waals surface area contributed by atoms with Crippen LogP contribution in [0.4, 0.5) is 0 Å². The Morgan fingerprint density at radius 3 is 2.33 bits per heavy atom. The Morgan fingerprint density at radius 1 is 1.44 bits per heavy atom. The molecule has 0 unspecified atom stereocenters.